The zero-order valence-electron chi connectivity index (χ0n) is 12.5. The topological polar surface area (TPSA) is 72.5 Å². The lowest BCUT2D eigenvalue weighted by Gasteiger charge is -2.16. The van der Waals surface area contributed by atoms with Gasteiger partial charge in [-0.25, -0.2) is 8.42 Å². The zero-order valence-corrected chi connectivity index (χ0v) is 14.1. The highest BCUT2D eigenvalue weighted by Gasteiger charge is 2.17. The van der Waals surface area contributed by atoms with E-state index in [0.29, 0.717) is 5.56 Å². The second kappa shape index (κ2) is 6.50. The van der Waals surface area contributed by atoms with Crippen LogP contribution in [0.2, 0.25) is 0 Å². The van der Waals surface area contributed by atoms with E-state index in [2.05, 4.69) is 5.32 Å². The molecule has 2 rings (SSSR count). The molecule has 0 radical (unpaired) electrons. The number of amides is 1. The van der Waals surface area contributed by atoms with Gasteiger partial charge >= 0.3 is 0 Å². The number of thiophene rings is 1. The zero-order chi connectivity index (χ0) is 16.3. The van der Waals surface area contributed by atoms with Crippen molar-refractivity contribution in [2.45, 2.75) is 17.9 Å². The summed E-state index contributed by atoms with van der Waals surface area (Å²) in [5.41, 5.74) is 1.38. The van der Waals surface area contributed by atoms with Crippen molar-refractivity contribution in [3.8, 4) is 5.75 Å². The molecule has 1 heterocycles. The van der Waals surface area contributed by atoms with Crippen molar-refractivity contribution in [2.75, 3.05) is 13.4 Å². The van der Waals surface area contributed by atoms with Crippen LogP contribution in [0.5, 0.6) is 5.75 Å². The Balaban J connectivity index is 2.24. The summed E-state index contributed by atoms with van der Waals surface area (Å²) < 4.78 is 28.5. The van der Waals surface area contributed by atoms with Crippen LogP contribution >= 0.6 is 11.3 Å². The molecule has 2 aromatic rings. The fourth-order valence-corrected chi connectivity index (χ4v) is 3.48. The van der Waals surface area contributed by atoms with Crippen molar-refractivity contribution >= 4 is 27.1 Å². The maximum Gasteiger partial charge on any atom is 0.252 e. The van der Waals surface area contributed by atoms with Crippen LogP contribution < -0.4 is 10.1 Å². The van der Waals surface area contributed by atoms with Crippen molar-refractivity contribution in [3.63, 3.8) is 0 Å². The fourth-order valence-electron chi connectivity index (χ4n) is 2.02. The third kappa shape index (κ3) is 3.66. The maximum absolute atomic E-state index is 12.0. The van der Waals surface area contributed by atoms with Crippen LogP contribution in [0.1, 0.15) is 28.9 Å². The average Bonchev–Trinajstić information content (AvgIpc) is 2.99. The molecule has 1 atom stereocenters. The summed E-state index contributed by atoms with van der Waals surface area (Å²) in [6.45, 7) is 1.83. The third-order valence-electron chi connectivity index (χ3n) is 3.22. The van der Waals surface area contributed by atoms with E-state index in [1.54, 1.807) is 23.6 Å². The SMILES string of the molecule is COc1cc(C(C)NC(=O)c2ccsc2)ccc1S(C)(=O)=O. The van der Waals surface area contributed by atoms with Crippen molar-refractivity contribution < 1.29 is 17.9 Å². The molecule has 1 aromatic carbocycles. The van der Waals surface area contributed by atoms with Gasteiger partial charge in [-0.3, -0.25) is 4.79 Å². The fraction of sp³-hybridized carbons (Fsp3) is 0.267. The van der Waals surface area contributed by atoms with E-state index in [9.17, 15) is 13.2 Å². The number of carbonyl (C=O) groups is 1. The molecule has 22 heavy (non-hydrogen) atoms. The number of hydrogen-bond donors (Lipinski definition) is 1. The highest BCUT2D eigenvalue weighted by atomic mass is 32.2. The molecule has 0 aliphatic carbocycles. The van der Waals surface area contributed by atoms with Gasteiger partial charge in [-0.1, -0.05) is 6.07 Å². The normalized spacial score (nSPS) is 12.7. The summed E-state index contributed by atoms with van der Waals surface area (Å²) in [5.74, 6) is 0.108. The first-order valence-electron chi connectivity index (χ1n) is 6.54. The summed E-state index contributed by atoms with van der Waals surface area (Å²) in [7, 11) is -1.94. The summed E-state index contributed by atoms with van der Waals surface area (Å²) >= 11 is 1.45. The van der Waals surface area contributed by atoms with Crippen LogP contribution in [0.25, 0.3) is 0 Å². The first-order chi connectivity index (χ1) is 10.3. The lowest BCUT2D eigenvalue weighted by Crippen LogP contribution is -2.26. The van der Waals surface area contributed by atoms with Crippen molar-refractivity contribution in [1.29, 1.82) is 0 Å². The van der Waals surface area contributed by atoms with Gasteiger partial charge in [-0.15, -0.1) is 0 Å². The first-order valence-corrected chi connectivity index (χ1v) is 9.37. The van der Waals surface area contributed by atoms with Crippen LogP contribution in [0.3, 0.4) is 0 Å². The number of nitrogens with one attached hydrogen (secondary N) is 1. The Hall–Kier alpha value is -1.86. The largest absolute Gasteiger partial charge is 0.495 e. The summed E-state index contributed by atoms with van der Waals surface area (Å²) in [6, 6.07) is 6.29. The molecule has 0 aliphatic rings. The second-order valence-corrected chi connectivity index (χ2v) is 7.65. The predicted molar refractivity (Wildman–Crippen MR) is 86.3 cm³/mol. The van der Waals surface area contributed by atoms with Crippen LogP contribution in [0, 0.1) is 0 Å². The van der Waals surface area contributed by atoms with Crippen LogP contribution in [-0.2, 0) is 9.84 Å². The number of hydrogen-bond acceptors (Lipinski definition) is 5. The van der Waals surface area contributed by atoms with Gasteiger partial charge in [0.2, 0.25) is 0 Å². The van der Waals surface area contributed by atoms with Crippen LogP contribution in [0.4, 0.5) is 0 Å². The Morgan fingerprint density at radius 3 is 2.59 bits per heavy atom. The minimum atomic E-state index is -3.36. The number of benzene rings is 1. The lowest BCUT2D eigenvalue weighted by molar-refractivity contribution is 0.0940. The van der Waals surface area contributed by atoms with E-state index in [-0.39, 0.29) is 22.6 Å². The second-order valence-electron chi connectivity index (χ2n) is 4.89. The molecule has 1 amide bonds. The molecule has 0 bridgehead atoms. The molecule has 0 spiro atoms. The predicted octanol–water partition coefficient (Wildman–Crippen LogP) is 2.65. The molecule has 5 nitrogen and oxygen atoms in total. The molecule has 0 saturated heterocycles. The van der Waals surface area contributed by atoms with Crippen LogP contribution in [-0.4, -0.2) is 27.7 Å². The first kappa shape index (κ1) is 16.5. The Kier molecular flexibility index (Phi) is 4.87. The van der Waals surface area contributed by atoms with Gasteiger partial charge in [0.05, 0.1) is 18.7 Å². The van der Waals surface area contributed by atoms with Crippen molar-refractivity contribution in [1.82, 2.24) is 5.32 Å². The van der Waals surface area contributed by atoms with Gasteiger partial charge in [-0.05, 0) is 36.1 Å². The van der Waals surface area contributed by atoms with E-state index < -0.39 is 9.84 Å². The minimum Gasteiger partial charge on any atom is -0.495 e. The monoisotopic (exact) mass is 339 g/mol. The Morgan fingerprint density at radius 1 is 1.32 bits per heavy atom. The number of carbonyl (C=O) groups excluding carboxylic acids is 1. The highest BCUT2D eigenvalue weighted by Crippen LogP contribution is 2.27. The number of ether oxygens (including phenoxy) is 1. The average molecular weight is 339 g/mol. The standard InChI is InChI=1S/C15H17NO4S2/c1-10(16-15(17)12-6-7-21-9-12)11-4-5-14(22(3,18)19)13(8-11)20-2/h4-10H,1-3H3,(H,16,17). The molecule has 1 unspecified atom stereocenters. The molecule has 0 aliphatic heterocycles. The molecule has 1 N–H and O–H groups in total. The molecule has 7 heteroatoms. The number of methoxy groups -OCH3 is 1. The quantitative estimate of drug-likeness (QED) is 0.909. The molecular formula is C15H17NO4S2. The smallest absolute Gasteiger partial charge is 0.252 e. The van der Waals surface area contributed by atoms with Crippen molar-refractivity contribution in [2.24, 2.45) is 0 Å². The van der Waals surface area contributed by atoms with Gasteiger partial charge in [0.25, 0.3) is 5.91 Å². The highest BCUT2D eigenvalue weighted by molar-refractivity contribution is 7.90. The Morgan fingerprint density at radius 2 is 2.05 bits per heavy atom. The summed E-state index contributed by atoms with van der Waals surface area (Å²) in [6.07, 6.45) is 1.13. The van der Waals surface area contributed by atoms with E-state index >= 15 is 0 Å². The van der Waals surface area contributed by atoms with E-state index in [1.807, 2.05) is 12.3 Å². The molecule has 0 fully saturated rings. The van der Waals surface area contributed by atoms with E-state index in [4.69, 9.17) is 4.74 Å². The lowest BCUT2D eigenvalue weighted by atomic mass is 10.1. The van der Waals surface area contributed by atoms with Crippen molar-refractivity contribution in [3.05, 3.63) is 46.2 Å². The van der Waals surface area contributed by atoms with Crippen LogP contribution in [0.15, 0.2) is 39.9 Å². The molecule has 118 valence electrons. The number of rotatable bonds is 5. The van der Waals surface area contributed by atoms with Gasteiger partial charge in [0, 0.05) is 11.6 Å². The summed E-state index contributed by atoms with van der Waals surface area (Å²) in [4.78, 5) is 12.2. The molecule has 1 aromatic heterocycles. The Bertz CT molecular complexity index is 767. The maximum atomic E-state index is 12.0. The van der Waals surface area contributed by atoms with Gasteiger partial charge in [0.15, 0.2) is 9.84 Å². The summed E-state index contributed by atoms with van der Waals surface area (Å²) in [5, 5.41) is 6.48. The van der Waals surface area contributed by atoms with Gasteiger partial charge in [0.1, 0.15) is 10.6 Å². The minimum absolute atomic E-state index is 0.134. The van der Waals surface area contributed by atoms with Gasteiger partial charge in [-0.2, -0.15) is 11.3 Å². The van der Waals surface area contributed by atoms with E-state index in [0.717, 1.165) is 11.8 Å². The number of sulfone groups is 1. The molecular weight excluding hydrogens is 322 g/mol. The van der Waals surface area contributed by atoms with E-state index in [1.165, 1.54) is 24.5 Å². The Labute approximate surface area is 133 Å². The van der Waals surface area contributed by atoms with Gasteiger partial charge < -0.3 is 10.1 Å². The molecule has 0 saturated carbocycles. The third-order valence-corrected chi connectivity index (χ3v) is 5.04.